The van der Waals surface area contributed by atoms with Gasteiger partial charge in [-0.05, 0) is 31.2 Å². The average molecular weight is 289 g/mol. The van der Waals surface area contributed by atoms with Gasteiger partial charge in [-0.25, -0.2) is 4.39 Å². The fraction of sp³-hybridized carbons (Fsp3) is 0.294. The molecule has 0 saturated carbocycles. The van der Waals surface area contributed by atoms with Gasteiger partial charge in [0.25, 0.3) is 0 Å². The maximum absolute atomic E-state index is 13.4. The molecule has 3 nitrogen and oxygen atoms in total. The summed E-state index contributed by atoms with van der Waals surface area (Å²) in [5, 5.41) is 12.1. The van der Waals surface area contributed by atoms with Gasteiger partial charge in [-0.2, -0.15) is 0 Å². The summed E-state index contributed by atoms with van der Waals surface area (Å²) >= 11 is 0. The third-order valence-electron chi connectivity index (χ3n) is 3.48. The van der Waals surface area contributed by atoms with Crippen LogP contribution in [-0.2, 0) is 13.2 Å². The highest BCUT2D eigenvalue weighted by molar-refractivity contribution is 5.36. The molecule has 2 aromatic carbocycles. The molecule has 0 aliphatic carbocycles. The van der Waals surface area contributed by atoms with E-state index >= 15 is 0 Å². The Morgan fingerprint density at radius 3 is 2.43 bits per heavy atom. The van der Waals surface area contributed by atoms with Gasteiger partial charge < -0.3 is 15.2 Å². The molecule has 2 aromatic rings. The smallest absolute Gasteiger partial charge is 0.127 e. The Morgan fingerprint density at radius 2 is 1.81 bits per heavy atom. The molecule has 0 aromatic heterocycles. The van der Waals surface area contributed by atoms with Crippen LogP contribution in [0.1, 0.15) is 29.7 Å². The lowest BCUT2D eigenvalue weighted by Gasteiger charge is -2.16. The number of halogens is 1. The van der Waals surface area contributed by atoms with E-state index in [9.17, 15) is 4.39 Å². The summed E-state index contributed by atoms with van der Waals surface area (Å²) in [7, 11) is 1.85. The van der Waals surface area contributed by atoms with Gasteiger partial charge in [-0.15, -0.1) is 0 Å². The minimum Gasteiger partial charge on any atom is -0.488 e. The molecule has 0 spiro atoms. The maximum Gasteiger partial charge on any atom is 0.127 e. The van der Waals surface area contributed by atoms with E-state index in [1.54, 1.807) is 6.07 Å². The number of aliphatic hydroxyl groups excluding tert-OH is 1. The molecular weight excluding hydrogens is 269 g/mol. The second-order valence-electron chi connectivity index (χ2n) is 4.96. The summed E-state index contributed by atoms with van der Waals surface area (Å²) in [6.07, 6.45) is 0. The fourth-order valence-corrected chi connectivity index (χ4v) is 2.05. The summed E-state index contributed by atoms with van der Waals surface area (Å²) in [5.41, 5.74) is 2.75. The number of ether oxygens (including phenoxy) is 1. The summed E-state index contributed by atoms with van der Waals surface area (Å²) in [5.74, 6) is 0.232. The molecule has 1 unspecified atom stereocenters. The van der Waals surface area contributed by atoms with Crippen LogP contribution in [0.3, 0.4) is 0 Å². The monoisotopic (exact) mass is 289 g/mol. The Bertz CT molecular complexity index is 584. The van der Waals surface area contributed by atoms with Gasteiger partial charge in [-0.1, -0.05) is 30.3 Å². The predicted molar refractivity (Wildman–Crippen MR) is 80.6 cm³/mol. The molecular formula is C17H20FNO2. The molecule has 1 atom stereocenters. The van der Waals surface area contributed by atoms with Gasteiger partial charge in [0.2, 0.25) is 0 Å². The molecule has 0 heterocycles. The van der Waals surface area contributed by atoms with Gasteiger partial charge in [0.15, 0.2) is 0 Å². The van der Waals surface area contributed by atoms with E-state index in [4.69, 9.17) is 9.84 Å². The van der Waals surface area contributed by atoms with Crippen LogP contribution in [0, 0.1) is 5.82 Å². The van der Waals surface area contributed by atoms with Crippen LogP contribution in [-0.4, -0.2) is 12.2 Å². The lowest BCUT2D eigenvalue weighted by atomic mass is 10.1. The summed E-state index contributed by atoms with van der Waals surface area (Å²) in [6, 6.07) is 12.1. The second kappa shape index (κ2) is 7.20. The predicted octanol–water partition coefficient (Wildman–Crippen LogP) is 3.18. The van der Waals surface area contributed by atoms with Crippen LogP contribution in [0.25, 0.3) is 0 Å². The molecule has 4 heteroatoms. The van der Waals surface area contributed by atoms with Crippen molar-refractivity contribution >= 4 is 0 Å². The van der Waals surface area contributed by atoms with Crippen molar-refractivity contribution in [1.82, 2.24) is 5.32 Å². The van der Waals surface area contributed by atoms with Crippen molar-refractivity contribution in [1.29, 1.82) is 0 Å². The molecule has 0 amide bonds. The van der Waals surface area contributed by atoms with E-state index in [0.29, 0.717) is 12.4 Å². The summed E-state index contributed by atoms with van der Waals surface area (Å²) in [4.78, 5) is 0. The number of hydrogen-bond donors (Lipinski definition) is 2. The van der Waals surface area contributed by atoms with Crippen LogP contribution < -0.4 is 10.1 Å². The van der Waals surface area contributed by atoms with Crippen molar-refractivity contribution in [2.45, 2.75) is 26.2 Å². The van der Waals surface area contributed by atoms with Gasteiger partial charge in [0, 0.05) is 17.7 Å². The van der Waals surface area contributed by atoms with Gasteiger partial charge in [-0.3, -0.25) is 0 Å². The van der Waals surface area contributed by atoms with Crippen molar-refractivity contribution in [2.24, 2.45) is 0 Å². The first-order valence-corrected chi connectivity index (χ1v) is 6.92. The van der Waals surface area contributed by atoms with Crippen LogP contribution in [0.15, 0.2) is 42.5 Å². The van der Waals surface area contributed by atoms with Crippen LogP contribution in [0.4, 0.5) is 4.39 Å². The Kier molecular flexibility index (Phi) is 5.31. The molecule has 0 radical (unpaired) electrons. The normalized spacial score (nSPS) is 12.2. The van der Waals surface area contributed by atoms with E-state index in [1.807, 2.05) is 38.2 Å². The zero-order valence-electron chi connectivity index (χ0n) is 12.3. The number of nitrogens with one attached hydrogen (secondary N) is 1. The molecule has 112 valence electrons. The molecule has 2 rings (SSSR count). The van der Waals surface area contributed by atoms with E-state index in [1.165, 1.54) is 12.1 Å². The van der Waals surface area contributed by atoms with Gasteiger partial charge in [0.05, 0.1) is 6.61 Å². The third-order valence-corrected chi connectivity index (χ3v) is 3.48. The SMILES string of the molecule is CNC(C)c1ccc(F)cc1OCc1ccc(CO)cc1. The minimum absolute atomic E-state index is 0.0227. The first kappa shape index (κ1) is 15.5. The number of benzene rings is 2. The number of aliphatic hydroxyl groups is 1. The maximum atomic E-state index is 13.4. The van der Waals surface area contributed by atoms with Gasteiger partial charge in [0.1, 0.15) is 18.2 Å². The number of hydrogen-bond acceptors (Lipinski definition) is 3. The molecule has 0 saturated heterocycles. The van der Waals surface area contributed by atoms with Crippen molar-refractivity contribution in [3.63, 3.8) is 0 Å². The highest BCUT2D eigenvalue weighted by Gasteiger charge is 2.11. The lowest BCUT2D eigenvalue weighted by molar-refractivity contribution is 0.281. The zero-order valence-corrected chi connectivity index (χ0v) is 12.3. The molecule has 0 aliphatic rings. The average Bonchev–Trinajstić information content (AvgIpc) is 2.52. The van der Waals surface area contributed by atoms with E-state index < -0.39 is 0 Å². The van der Waals surface area contributed by atoms with Crippen molar-refractivity contribution < 1.29 is 14.2 Å². The third kappa shape index (κ3) is 4.03. The van der Waals surface area contributed by atoms with Crippen molar-refractivity contribution in [2.75, 3.05) is 7.05 Å². The number of rotatable bonds is 6. The van der Waals surface area contributed by atoms with Crippen LogP contribution in [0.5, 0.6) is 5.75 Å². The highest BCUT2D eigenvalue weighted by atomic mass is 19.1. The van der Waals surface area contributed by atoms with Gasteiger partial charge >= 0.3 is 0 Å². The zero-order chi connectivity index (χ0) is 15.2. The van der Waals surface area contributed by atoms with Crippen molar-refractivity contribution in [3.05, 3.63) is 65.0 Å². The van der Waals surface area contributed by atoms with E-state index in [-0.39, 0.29) is 18.5 Å². The van der Waals surface area contributed by atoms with Crippen LogP contribution >= 0.6 is 0 Å². The van der Waals surface area contributed by atoms with Crippen molar-refractivity contribution in [3.8, 4) is 5.75 Å². The van der Waals surface area contributed by atoms with Crippen LogP contribution in [0.2, 0.25) is 0 Å². The summed E-state index contributed by atoms with van der Waals surface area (Å²) in [6.45, 7) is 2.38. The largest absolute Gasteiger partial charge is 0.488 e. The minimum atomic E-state index is -0.312. The molecule has 21 heavy (non-hydrogen) atoms. The Balaban J connectivity index is 2.12. The Labute approximate surface area is 124 Å². The first-order chi connectivity index (χ1) is 10.1. The van der Waals surface area contributed by atoms with E-state index in [2.05, 4.69) is 5.32 Å². The standard InChI is InChI=1S/C17H20FNO2/c1-12(19-2)16-8-7-15(18)9-17(16)21-11-14-5-3-13(10-20)4-6-14/h3-9,12,19-20H,10-11H2,1-2H3. The molecule has 0 fully saturated rings. The highest BCUT2D eigenvalue weighted by Crippen LogP contribution is 2.26. The summed E-state index contributed by atoms with van der Waals surface area (Å²) < 4.78 is 19.2. The second-order valence-corrected chi connectivity index (χ2v) is 4.96. The molecule has 0 bridgehead atoms. The topological polar surface area (TPSA) is 41.5 Å². The lowest BCUT2D eigenvalue weighted by Crippen LogP contribution is -2.14. The molecule has 2 N–H and O–H groups in total. The Hall–Kier alpha value is -1.91. The van der Waals surface area contributed by atoms with E-state index in [0.717, 1.165) is 16.7 Å². The fourth-order valence-electron chi connectivity index (χ4n) is 2.05. The Morgan fingerprint density at radius 1 is 1.14 bits per heavy atom. The molecule has 0 aliphatic heterocycles. The quantitative estimate of drug-likeness (QED) is 0.858. The first-order valence-electron chi connectivity index (χ1n) is 6.92.